The molecule has 1 heterocycles. The fourth-order valence-corrected chi connectivity index (χ4v) is 6.21. The van der Waals surface area contributed by atoms with Crippen LogP contribution in [0.2, 0.25) is 0 Å². The Hall–Kier alpha value is -2.63. The highest BCUT2D eigenvalue weighted by Crippen LogP contribution is 2.59. The Morgan fingerprint density at radius 1 is 1.13 bits per heavy atom. The van der Waals surface area contributed by atoms with Crippen LogP contribution >= 0.6 is 0 Å². The average Bonchev–Trinajstić information content (AvgIpc) is 3.46. The van der Waals surface area contributed by atoms with Crippen molar-refractivity contribution in [2.75, 3.05) is 0 Å². The van der Waals surface area contributed by atoms with E-state index in [1.165, 1.54) is 0 Å². The maximum atomic E-state index is 13.5. The highest BCUT2D eigenvalue weighted by atomic mass is 16.6. The molecule has 164 valence electrons. The van der Waals surface area contributed by atoms with E-state index in [4.69, 9.17) is 14.2 Å². The van der Waals surface area contributed by atoms with E-state index in [9.17, 15) is 14.4 Å². The van der Waals surface area contributed by atoms with Crippen molar-refractivity contribution in [2.45, 2.75) is 63.8 Å². The number of fused-ring (bicyclic) bond motifs is 1. The Bertz CT molecular complexity index is 941. The summed E-state index contributed by atoms with van der Waals surface area (Å²) in [6, 6.07) is 8.14. The third-order valence-electron chi connectivity index (χ3n) is 7.69. The van der Waals surface area contributed by atoms with Crippen molar-refractivity contribution in [1.82, 2.24) is 0 Å². The molecule has 1 aliphatic heterocycles. The van der Waals surface area contributed by atoms with Crippen molar-refractivity contribution in [1.29, 1.82) is 0 Å². The van der Waals surface area contributed by atoms with Gasteiger partial charge in [0, 0.05) is 17.4 Å². The molecule has 31 heavy (non-hydrogen) atoms. The molecule has 1 saturated heterocycles. The van der Waals surface area contributed by atoms with Gasteiger partial charge in [-0.05, 0) is 51.5 Å². The maximum Gasteiger partial charge on any atom is 0.333 e. The van der Waals surface area contributed by atoms with Gasteiger partial charge in [-0.15, -0.1) is 0 Å². The Kier molecular flexibility index (Phi) is 4.72. The second-order valence-electron chi connectivity index (χ2n) is 9.66. The molecule has 0 N–H and O–H groups in total. The Balaban J connectivity index is 1.42. The molecule has 0 spiro atoms. The molecule has 6 nitrogen and oxygen atoms in total. The molecule has 5 rings (SSSR count). The predicted molar refractivity (Wildman–Crippen MR) is 111 cm³/mol. The van der Waals surface area contributed by atoms with Crippen LogP contribution in [0.4, 0.5) is 0 Å². The van der Waals surface area contributed by atoms with E-state index in [0.717, 1.165) is 36.8 Å². The fourth-order valence-electron chi connectivity index (χ4n) is 6.21. The lowest BCUT2D eigenvalue weighted by Crippen LogP contribution is -2.45. The summed E-state index contributed by atoms with van der Waals surface area (Å²) in [7, 11) is 0. The van der Waals surface area contributed by atoms with Crippen LogP contribution in [0, 0.1) is 30.6 Å². The molecule has 1 aromatic rings. The Labute approximate surface area is 181 Å². The fraction of sp³-hybridized carbons (Fsp3) is 0.560. The van der Waals surface area contributed by atoms with Gasteiger partial charge in [-0.2, -0.15) is 0 Å². The molecular formula is C25H28O6. The van der Waals surface area contributed by atoms with Gasteiger partial charge in [-0.1, -0.05) is 36.4 Å². The molecule has 3 saturated carbocycles. The third-order valence-corrected chi connectivity index (χ3v) is 7.69. The zero-order chi connectivity index (χ0) is 21.9. The van der Waals surface area contributed by atoms with Gasteiger partial charge in [0.05, 0.1) is 11.8 Å². The number of carbonyl (C=O) groups excluding carboxylic acids is 3. The largest absolute Gasteiger partial charge is 0.458 e. The van der Waals surface area contributed by atoms with Crippen molar-refractivity contribution >= 4 is 17.9 Å². The number of esters is 3. The molecule has 2 bridgehead atoms. The van der Waals surface area contributed by atoms with Crippen LogP contribution in [0.1, 0.15) is 50.2 Å². The van der Waals surface area contributed by atoms with Crippen LogP contribution in [0.15, 0.2) is 36.4 Å². The number of aryl methyl sites for hydroxylation is 1. The van der Waals surface area contributed by atoms with Gasteiger partial charge in [-0.25, -0.2) is 4.79 Å². The summed E-state index contributed by atoms with van der Waals surface area (Å²) in [4.78, 5) is 38.3. The molecule has 4 fully saturated rings. The van der Waals surface area contributed by atoms with Crippen LogP contribution in [0.5, 0.6) is 0 Å². The Morgan fingerprint density at radius 3 is 2.45 bits per heavy atom. The van der Waals surface area contributed by atoms with E-state index in [1.807, 2.05) is 31.2 Å². The monoisotopic (exact) mass is 424 g/mol. The molecule has 6 heteroatoms. The molecule has 0 radical (unpaired) electrons. The standard InChI is InChI=1S/C25H28O6/c1-13(2)22(26)29-20-17-12-16-18(23(27)30-21(16)20)19(17)24(28)31-25(10-4-5-11-25)15-8-6-14(3)7-9-15/h6-9,16-21H,1,4-5,10-12H2,2-3H3. The number of hydrogen-bond donors (Lipinski definition) is 0. The maximum absolute atomic E-state index is 13.5. The molecule has 6 unspecified atom stereocenters. The normalized spacial score (nSPS) is 34.5. The quantitative estimate of drug-likeness (QED) is 0.408. The van der Waals surface area contributed by atoms with Crippen molar-refractivity contribution in [3.8, 4) is 0 Å². The molecule has 4 aliphatic rings. The van der Waals surface area contributed by atoms with E-state index < -0.39 is 35.6 Å². The van der Waals surface area contributed by atoms with Crippen LogP contribution < -0.4 is 0 Å². The van der Waals surface area contributed by atoms with Crippen molar-refractivity contribution < 1.29 is 28.6 Å². The molecule has 3 aliphatic carbocycles. The number of benzene rings is 1. The summed E-state index contributed by atoms with van der Waals surface area (Å²) in [5.41, 5.74) is 1.79. The van der Waals surface area contributed by atoms with Crippen LogP contribution in [0.25, 0.3) is 0 Å². The highest BCUT2D eigenvalue weighted by Gasteiger charge is 2.70. The number of rotatable bonds is 5. The van der Waals surface area contributed by atoms with Gasteiger partial charge in [0.2, 0.25) is 0 Å². The van der Waals surface area contributed by atoms with Crippen molar-refractivity contribution in [3.63, 3.8) is 0 Å². The summed E-state index contributed by atoms with van der Waals surface area (Å²) < 4.78 is 17.4. The van der Waals surface area contributed by atoms with Crippen molar-refractivity contribution in [3.05, 3.63) is 47.5 Å². The molecule has 0 amide bonds. The number of carbonyl (C=O) groups is 3. The average molecular weight is 424 g/mol. The first-order valence-corrected chi connectivity index (χ1v) is 11.2. The van der Waals surface area contributed by atoms with E-state index in [0.29, 0.717) is 6.42 Å². The molecular weight excluding hydrogens is 396 g/mol. The van der Waals surface area contributed by atoms with Gasteiger partial charge < -0.3 is 14.2 Å². The lowest BCUT2D eigenvalue weighted by molar-refractivity contribution is -0.175. The highest BCUT2D eigenvalue weighted by molar-refractivity contribution is 5.88. The second kappa shape index (κ2) is 7.21. The first-order valence-electron chi connectivity index (χ1n) is 11.2. The zero-order valence-corrected chi connectivity index (χ0v) is 18.0. The number of ether oxygens (including phenoxy) is 3. The SMILES string of the molecule is C=C(C)C(=O)OC1C2CC3C1OC(=O)C3C2C(=O)OC1(c2ccc(C)cc2)CCCC1. The Morgan fingerprint density at radius 2 is 1.81 bits per heavy atom. The van der Waals surface area contributed by atoms with Crippen molar-refractivity contribution in [2.24, 2.45) is 23.7 Å². The van der Waals surface area contributed by atoms with Gasteiger partial charge in [0.15, 0.2) is 0 Å². The van der Waals surface area contributed by atoms with Crippen LogP contribution in [-0.4, -0.2) is 30.1 Å². The summed E-state index contributed by atoms with van der Waals surface area (Å²) in [6.45, 7) is 7.24. The van der Waals surface area contributed by atoms with Gasteiger partial charge in [-0.3, -0.25) is 9.59 Å². The third kappa shape index (κ3) is 3.10. The summed E-state index contributed by atoms with van der Waals surface area (Å²) >= 11 is 0. The lowest BCUT2D eigenvalue weighted by atomic mass is 9.78. The van der Waals surface area contributed by atoms with Gasteiger partial charge in [0.1, 0.15) is 17.8 Å². The predicted octanol–water partition coefficient (Wildman–Crippen LogP) is 3.60. The summed E-state index contributed by atoms with van der Waals surface area (Å²) in [5, 5.41) is 0. The minimum absolute atomic E-state index is 0.100. The van der Waals surface area contributed by atoms with E-state index >= 15 is 0 Å². The van der Waals surface area contributed by atoms with E-state index in [-0.39, 0.29) is 29.3 Å². The molecule has 6 atom stereocenters. The first-order chi connectivity index (χ1) is 14.8. The topological polar surface area (TPSA) is 78.9 Å². The summed E-state index contributed by atoms with van der Waals surface area (Å²) in [6.07, 6.45) is 3.07. The van der Waals surface area contributed by atoms with Crippen LogP contribution in [-0.2, 0) is 34.2 Å². The lowest BCUT2D eigenvalue weighted by Gasteiger charge is -2.35. The van der Waals surface area contributed by atoms with E-state index in [2.05, 4.69) is 6.58 Å². The van der Waals surface area contributed by atoms with Gasteiger partial charge in [0.25, 0.3) is 0 Å². The minimum Gasteiger partial charge on any atom is -0.458 e. The number of hydrogen-bond acceptors (Lipinski definition) is 6. The minimum atomic E-state index is -0.654. The summed E-state index contributed by atoms with van der Waals surface area (Å²) in [5.74, 6) is -2.76. The zero-order valence-electron chi connectivity index (χ0n) is 18.0. The smallest absolute Gasteiger partial charge is 0.333 e. The molecule has 0 aromatic heterocycles. The van der Waals surface area contributed by atoms with Crippen LogP contribution in [0.3, 0.4) is 0 Å². The van der Waals surface area contributed by atoms with E-state index in [1.54, 1.807) is 6.92 Å². The van der Waals surface area contributed by atoms with Gasteiger partial charge >= 0.3 is 17.9 Å². The molecule has 1 aromatic carbocycles. The second-order valence-corrected chi connectivity index (χ2v) is 9.66. The first kappa shape index (κ1) is 20.3.